The molecule has 2 aromatic heterocycles. The molecule has 0 radical (unpaired) electrons. The van der Waals surface area contributed by atoms with Crippen LogP contribution in [0, 0.1) is 0 Å². The molecule has 0 amide bonds. The van der Waals surface area contributed by atoms with Gasteiger partial charge in [0.15, 0.2) is 0 Å². The van der Waals surface area contributed by atoms with E-state index in [1.165, 1.54) is 0 Å². The van der Waals surface area contributed by atoms with Crippen LogP contribution in [-0.2, 0) is 4.74 Å². The Labute approximate surface area is 82.3 Å². The molecule has 0 aliphatic rings. The molecule has 4 heteroatoms. The number of fused-ring (bicyclic) bond motifs is 1. The van der Waals surface area contributed by atoms with Gasteiger partial charge in [-0.15, -0.1) is 0 Å². The maximum Gasteiger partial charge on any atom is 0.354 e. The molecule has 2 heterocycles. The Bertz CT molecular complexity index is 507. The third-order valence-electron chi connectivity index (χ3n) is 1.79. The van der Waals surface area contributed by atoms with E-state index in [1.54, 1.807) is 25.3 Å². The Morgan fingerprint density at radius 2 is 2.64 bits per heavy atom. The second-order valence-electron chi connectivity index (χ2n) is 2.75. The first-order valence-corrected chi connectivity index (χ1v) is 4.34. The summed E-state index contributed by atoms with van der Waals surface area (Å²) in [6, 6.07) is 3.60. The zero-order valence-corrected chi connectivity index (χ0v) is 7.70. The number of nitrogens with one attached hydrogen (secondary N) is 1. The van der Waals surface area contributed by atoms with E-state index < -0.39 is 5.97 Å². The fraction of sp³-hybridized carbons (Fsp3) is 0.200. The van der Waals surface area contributed by atoms with E-state index >= 15 is 0 Å². The molecule has 4 nitrogen and oxygen atoms in total. The van der Waals surface area contributed by atoms with Crippen molar-refractivity contribution in [2.75, 3.05) is 6.61 Å². The highest BCUT2D eigenvalue weighted by Gasteiger charge is 2.09. The number of aromatic nitrogens is 2. The highest BCUT2D eigenvalue weighted by molar-refractivity contribution is 5.93. The minimum Gasteiger partial charge on any atom is -0.461 e. The van der Waals surface area contributed by atoms with Gasteiger partial charge in [-0.25, -0.2) is 9.78 Å². The van der Waals surface area contributed by atoms with Crippen LogP contribution >= 0.6 is 0 Å². The van der Waals surface area contributed by atoms with Crippen molar-refractivity contribution in [3.8, 4) is 0 Å². The van der Waals surface area contributed by atoms with Gasteiger partial charge in [-0.2, -0.15) is 0 Å². The minimum absolute atomic E-state index is 0.136. The van der Waals surface area contributed by atoms with E-state index in [0.717, 1.165) is 0 Å². The first-order chi connectivity index (χ1) is 7.24. The molecular formula is C10H10N2O2. The lowest BCUT2D eigenvalue weighted by Crippen LogP contribution is -2.04. The Balaban J connectivity index is 2.53. The number of ether oxygens (including phenoxy) is 1. The highest BCUT2D eigenvalue weighted by atomic mass is 16.5. The molecular weight excluding hydrogens is 180 g/mol. The van der Waals surface area contributed by atoms with E-state index in [-0.39, 0.29) is 11.7 Å². The number of rotatable bonds is 2. The zero-order chi connectivity index (χ0) is 10.8. The van der Waals surface area contributed by atoms with Crippen LogP contribution in [0.15, 0.2) is 24.4 Å². The summed E-state index contributed by atoms with van der Waals surface area (Å²) in [6.07, 6.45) is 1.60. The highest BCUT2D eigenvalue weighted by Crippen LogP contribution is 2.12. The number of carbonyl (C=O) groups is 1. The predicted octanol–water partition coefficient (Wildman–Crippen LogP) is 1.74. The molecule has 0 aliphatic carbocycles. The quantitative estimate of drug-likeness (QED) is 0.735. The van der Waals surface area contributed by atoms with Gasteiger partial charge in [0.1, 0.15) is 11.3 Å². The smallest absolute Gasteiger partial charge is 0.354 e. The van der Waals surface area contributed by atoms with E-state index in [2.05, 4.69) is 9.97 Å². The number of hydrogen-bond acceptors (Lipinski definition) is 3. The first-order valence-electron chi connectivity index (χ1n) is 4.84. The number of H-pyrrole nitrogens is 1. The molecule has 72 valence electrons. The molecule has 1 N–H and O–H groups in total. The molecule has 0 atom stereocenters. The number of carbonyl (C=O) groups excluding carboxylic acids is 1. The van der Waals surface area contributed by atoms with Gasteiger partial charge in [0.2, 0.25) is 0 Å². The van der Waals surface area contributed by atoms with Crippen molar-refractivity contribution in [1.82, 2.24) is 9.97 Å². The maximum absolute atomic E-state index is 11.4. The van der Waals surface area contributed by atoms with Gasteiger partial charge in [0.05, 0.1) is 7.98 Å². The van der Waals surface area contributed by atoms with Crippen LogP contribution < -0.4 is 0 Å². The lowest BCUT2D eigenvalue weighted by atomic mass is 10.3. The van der Waals surface area contributed by atoms with Crippen LogP contribution in [0.1, 0.15) is 18.8 Å². The number of aromatic amines is 1. The number of nitrogens with zero attached hydrogens (tertiary/aromatic N) is 1. The van der Waals surface area contributed by atoms with Gasteiger partial charge < -0.3 is 9.72 Å². The Morgan fingerprint density at radius 1 is 1.79 bits per heavy atom. The molecule has 0 spiro atoms. The number of hydrogen-bond donors (Lipinski definition) is 1. The van der Waals surface area contributed by atoms with Crippen molar-refractivity contribution in [2.24, 2.45) is 0 Å². The maximum atomic E-state index is 11.4. The molecule has 14 heavy (non-hydrogen) atoms. The monoisotopic (exact) mass is 191 g/mol. The number of esters is 1. The molecule has 0 fully saturated rings. The summed E-state index contributed by atoms with van der Waals surface area (Å²) in [5.74, 6) is -0.513. The summed E-state index contributed by atoms with van der Waals surface area (Å²) < 4.78 is 12.6. The lowest BCUT2D eigenvalue weighted by molar-refractivity contribution is 0.0520. The van der Waals surface area contributed by atoms with E-state index in [9.17, 15) is 4.79 Å². The first kappa shape index (κ1) is 7.55. The van der Waals surface area contributed by atoms with Gasteiger partial charge in [-0.05, 0) is 25.1 Å². The molecule has 0 saturated carbocycles. The second-order valence-corrected chi connectivity index (χ2v) is 2.75. The Kier molecular flexibility index (Phi) is 1.88. The van der Waals surface area contributed by atoms with Gasteiger partial charge in [-0.3, -0.25) is 0 Å². The fourth-order valence-electron chi connectivity index (χ4n) is 1.20. The second kappa shape index (κ2) is 3.49. The zero-order valence-electron chi connectivity index (χ0n) is 8.70. The van der Waals surface area contributed by atoms with Crippen molar-refractivity contribution in [1.29, 1.82) is 0 Å². The molecule has 0 saturated heterocycles. The standard InChI is InChI=1S/C10H10N2O2/c1-2-14-10(13)8-6-7-4-3-5-11-9(7)12-8/h3-6H,2H2,1H3,(H,11,12)/i6D. The SMILES string of the molecule is [2H]c1c(C(=O)OCC)[nH]c2ncccc12. The summed E-state index contributed by atoms with van der Waals surface area (Å²) in [6.45, 7) is 2.02. The van der Waals surface area contributed by atoms with E-state index in [1.807, 2.05) is 0 Å². The van der Waals surface area contributed by atoms with Crippen LogP contribution in [0.2, 0.25) is 0 Å². The molecule has 0 bridgehead atoms. The third kappa shape index (κ3) is 1.46. The average Bonchev–Trinajstić information content (AvgIpc) is 2.57. The minimum atomic E-state index is -0.513. The Hall–Kier alpha value is -1.84. The summed E-state index contributed by atoms with van der Waals surface area (Å²) >= 11 is 0. The normalized spacial score (nSPS) is 11.4. The van der Waals surface area contributed by atoms with Crippen LogP contribution in [-0.4, -0.2) is 22.5 Å². The molecule has 2 rings (SSSR count). The van der Waals surface area contributed by atoms with Gasteiger partial charge in [-0.1, -0.05) is 0 Å². The van der Waals surface area contributed by atoms with Crippen LogP contribution in [0.5, 0.6) is 0 Å². The summed E-state index contributed by atoms with van der Waals surface area (Å²) in [5.41, 5.74) is 0.691. The topological polar surface area (TPSA) is 55.0 Å². The van der Waals surface area contributed by atoms with Gasteiger partial charge in [0.25, 0.3) is 0 Å². The van der Waals surface area contributed by atoms with Crippen molar-refractivity contribution < 1.29 is 10.9 Å². The third-order valence-corrected chi connectivity index (χ3v) is 1.79. The van der Waals surface area contributed by atoms with Crippen molar-refractivity contribution in [2.45, 2.75) is 6.92 Å². The number of pyridine rings is 1. The van der Waals surface area contributed by atoms with E-state index in [4.69, 9.17) is 6.11 Å². The van der Waals surface area contributed by atoms with Crippen molar-refractivity contribution in [3.05, 3.63) is 30.1 Å². The van der Waals surface area contributed by atoms with Gasteiger partial charge in [0, 0.05) is 11.6 Å². The lowest BCUT2D eigenvalue weighted by Gasteiger charge is -1.96. The summed E-state index contributed by atoms with van der Waals surface area (Å²) in [5, 5.41) is 0.626. The van der Waals surface area contributed by atoms with Crippen molar-refractivity contribution in [3.63, 3.8) is 0 Å². The summed E-state index contributed by atoms with van der Waals surface area (Å²) in [7, 11) is 0. The van der Waals surface area contributed by atoms with Crippen molar-refractivity contribution >= 4 is 17.0 Å². The van der Waals surface area contributed by atoms with Crippen LogP contribution in [0.3, 0.4) is 0 Å². The largest absolute Gasteiger partial charge is 0.461 e. The van der Waals surface area contributed by atoms with E-state index in [0.29, 0.717) is 17.6 Å². The Morgan fingerprint density at radius 3 is 3.36 bits per heavy atom. The summed E-state index contributed by atoms with van der Waals surface area (Å²) in [4.78, 5) is 18.2. The molecule has 0 unspecified atom stereocenters. The van der Waals surface area contributed by atoms with Crippen LogP contribution in [0.25, 0.3) is 11.0 Å². The van der Waals surface area contributed by atoms with Gasteiger partial charge >= 0.3 is 5.97 Å². The fourth-order valence-corrected chi connectivity index (χ4v) is 1.20. The molecule has 2 aromatic rings. The predicted molar refractivity (Wildman–Crippen MR) is 52.1 cm³/mol. The molecule has 0 aliphatic heterocycles. The molecule has 0 aromatic carbocycles. The average molecular weight is 191 g/mol. The van der Waals surface area contributed by atoms with Crippen LogP contribution in [0.4, 0.5) is 0 Å².